The minimum Gasteiger partial charge on any atom is -0.461 e. The summed E-state index contributed by atoms with van der Waals surface area (Å²) in [6.07, 6.45) is -12.1. The zero-order valence-corrected chi connectivity index (χ0v) is 18.2. The first-order chi connectivity index (χ1) is 16.5. The highest BCUT2D eigenvalue weighted by Gasteiger charge is 2.95. The van der Waals surface area contributed by atoms with E-state index in [1.807, 2.05) is 0 Å². The molecule has 0 unspecified atom stereocenters. The Balaban J connectivity index is 3.20. The summed E-state index contributed by atoms with van der Waals surface area (Å²) in [5.74, 6) is -58.5. The molecule has 1 heterocycles. The van der Waals surface area contributed by atoms with Crippen molar-refractivity contribution in [2.24, 2.45) is 0 Å². The van der Waals surface area contributed by atoms with E-state index in [0.717, 1.165) is 6.92 Å². The number of carbonyl (C=O) groups is 1. The molecule has 0 aliphatic rings. The lowest BCUT2D eigenvalue weighted by Crippen LogP contribution is -2.74. The number of ether oxygens (including phenoxy) is 1. The maximum Gasteiger partial charge on any atom is 0.460 e. The van der Waals surface area contributed by atoms with Gasteiger partial charge >= 0.3 is 53.6 Å². The largest absolute Gasteiger partial charge is 0.461 e. The molecule has 222 valence electrons. The Kier molecular flexibility index (Phi) is 8.46. The summed E-state index contributed by atoms with van der Waals surface area (Å²) in [5, 5.41) is 0. The molecule has 0 radical (unpaired) electrons. The number of aryl methyl sites for hydroxylation is 2. The highest BCUT2D eigenvalue weighted by Crippen LogP contribution is 2.64. The fourth-order valence-electron chi connectivity index (χ4n) is 2.60. The molecule has 38 heavy (non-hydrogen) atoms. The van der Waals surface area contributed by atoms with E-state index >= 15 is 0 Å². The molecule has 1 aromatic rings. The van der Waals surface area contributed by atoms with Crippen molar-refractivity contribution < 1.29 is 88.6 Å². The first kappa shape index (κ1) is 33.5. The third-order valence-electron chi connectivity index (χ3n) is 4.75. The Labute approximate surface area is 199 Å². The fraction of sp³-hybridized carbons (Fsp3) is 0.765. The quantitative estimate of drug-likeness (QED) is 0.153. The van der Waals surface area contributed by atoms with Gasteiger partial charge in [-0.2, -0.15) is 74.6 Å². The Bertz CT molecular complexity index is 1010. The molecule has 0 bridgehead atoms. The van der Waals surface area contributed by atoms with Crippen molar-refractivity contribution in [2.45, 2.75) is 74.3 Å². The number of carbonyl (C=O) groups excluding carboxylic acids is 1. The SMILES string of the molecule is Cc1nc(C(=O)OCCCC(F)(F)C(F)(F)C(F)(F)C(F)(F)C(F)(F)C(F)(F)C(F)(F)C(F)(F)F)c(C)o1. The van der Waals surface area contributed by atoms with Crippen LogP contribution in [-0.4, -0.2) is 65.2 Å². The van der Waals surface area contributed by atoms with E-state index in [2.05, 4.69) is 9.72 Å². The second kappa shape index (κ2) is 9.60. The molecule has 0 amide bonds. The highest BCUT2D eigenvalue weighted by molar-refractivity contribution is 5.88. The van der Waals surface area contributed by atoms with Crippen LogP contribution in [-0.2, 0) is 4.74 Å². The molecule has 0 saturated carbocycles. The lowest BCUT2D eigenvalue weighted by Gasteiger charge is -2.42. The number of halogens is 17. The zero-order chi connectivity index (χ0) is 30.6. The second-order valence-corrected chi connectivity index (χ2v) is 7.53. The molecule has 4 nitrogen and oxygen atoms in total. The average molecular weight is 601 g/mol. The molecule has 0 N–H and O–H groups in total. The van der Waals surface area contributed by atoms with Crippen LogP contribution in [0, 0.1) is 13.8 Å². The van der Waals surface area contributed by atoms with Gasteiger partial charge in [-0.05, 0) is 13.3 Å². The van der Waals surface area contributed by atoms with Gasteiger partial charge < -0.3 is 9.15 Å². The van der Waals surface area contributed by atoms with Crippen molar-refractivity contribution in [1.29, 1.82) is 0 Å². The Morgan fingerprint density at radius 2 is 1.08 bits per heavy atom. The molecule has 1 aromatic heterocycles. The summed E-state index contributed by atoms with van der Waals surface area (Å²) in [7, 11) is 0. The molecule has 1 rings (SSSR count). The van der Waals surface area contributed by atoms with Gasteiger partial charge in [0.2, 0.25) is 0 Å². The molecule has 0 aliphatic heterocycles. The van der Waals surface area contributed by atoms with Crippen LogP contribution in [0.15, 0.2) is 4.42 Å². The molecule has 0 aromatic carbocycles. The lowest BCUT2D eigenvalue weighted by molar-refractivity contribution is -0.461. The molecule has 0 aliphatic carbocycles. The van der Waals surface area contributed by atoms with Crippen LogP contribution in [0.4, 0.5) is 74.6 Å². The van der Waals surface area contributed by atoms with Gasteiger partial charge in [0, 0.05) is 13.3 Å². The van der Waals surface area contributed by atoms with E-state index in [1.165, 1.54) is 6.92 Å². The maximum atomic E-state index is 13.8. The van der Waals surface area contributed by atoms with Gasteiger partial charge in [-0.25, -0.2) is 9.78 Å². The summed E-state index contributed by atoms with van der Waals surface area (Å²) >= 11 is 0. The lowest BCUT2D eigenvalue weighted by atomic mass is 9.88. The van der Waals surface area contributed by atoms with Gasteiger partial charge in [0.15, 0.2) is 11.6 Å². The minimum atomic E-state index is -8.68. The number of esters is 1. The maximum absolute atomic E-state index is 13.8. The number of hydrogen-bond acceptors (Lipinski definition) is 4. The molecule has 0 fully saturated rings. The number of nitrogens with zero attached hydrogens (tertiary/aromatic N) is 1. The van der Waals surface area contributed by atoms with Gasteiger partial charge in [0.05, 0.1) is 6.61 Å². The van der Waals surface area contributed by atoms with E-state index in [9.17, 15) is 79.4 Å². The van der Waals surface area contributed by atoms with Crippen LogP contribution in [0.2, 0.25) is 0 Å². The topological polar surface area (TPSA) is 52.3 Å². The van der Waals surface area contributed by atoms with Gasteiger partial charge in [-0.3, -0.25) is 0 Å². The molecule has 21 heteroatoms. The fourth-order valence-corrected chi connectivity index (χ4v) is 2.60. The third-order valence-corrected chi connectivity index (χ3v) is 4.75. The highest BCUT2D eigenvalue weighted by atomic mass is 19.4. The molecule has 0 spiro atoms. The van der Waals surface area contributed by atoms with Crippen molar-refractivity contribution in [3.05, 3.63) is 17.3 Å². The Morgan fingerprint density at radius 1 is 0.684 bits per heavy atom. The van der Waals surface area contributed by atoms with E-state index < -0.39 is 78.7 Å². The second-order valence-electron chi connectivity index (χ2n) is 7.53. The smallest absolute Gasteiger partial charge is 0.460 e. The summed E-state index contributed by atoms with van der Waals surface area (Å²) in [4.78, 5) is 15.1. The summed E-state index contributed by atoms with van der Waals surface area (Å²) < 4.78 is 233. The van der Waals surface area contributed by atoms with Crippen LogP contribution >= 0.6 is 0 Å². The van der Waals surface area contributed by atoms with Gasteiger partial charge in [0.1, 0.15) is 5.76 Å². The molecular formula is C17H12F17NO3. The standard InChI is InChI=1S/C17H12F17NO3/c1-6-8(35-7(2)38-6)9(36)37-5-3-4-10(18,19)11(20,21)12(22,23)13(24,25)14(26,27)15(28,29)16(30,31)17(32,33)34/h3-5H2,1-2H3. The molecular weight excluding hydrogens is 589 g/mol. The molecule has 0 atom stereocenters. The van der Waals surface area contributed by atoms with Crippen LogP contribution < -0.4 is 0 Å². The minimum absolute atomic E-state index is 0.112. The first-order valence-electron chi connectivity index (χ1n) is 9.37. The van der Waals surface area contributed by atoms with Crippen LogP contribution in [0.1, 0.15) is 35.0 Å². The van der Waals surface area contributed by atoms with Crippen LogP contribution in [0.5, 0.6) is 0 Å². The van der Waals surface area contributed by atoms with Gasteiger partial charge in [-0.1, -0.05) is 0 Å². The van der Waals surface area contributed by atoms with Crippen molar-refractivity contribution >= 4 is 5.97 Å². The van der Waals surface area contributed by atoms with E-state index in [1.54, 1.807) is 0 Å². The summed E-state index contributed by atoms with van der Waals surface area (Å²) in [6, 6.07) is 0. The number of aromatic nitrogens is 1. The zero-order valence-electron chi connectivity index (χ0n) is 18.2. The predicted octanol–water partition coefficient (Wildman–Crippen LogP) is 7.24. The van der Waals surface area contributed by atoms with Crippen LogP contribution in [0.3, 0.4) is 0 Å². The van der Waals surface area contributed by atoms with E-state index in [-0.39, 0.29) is 11.7 Å². The van der Waals surface area contributed by atoms with Gasteiger partial charge in [0.25, 0.3) is 0 Å². The number of alkyl halides is 17. The van der Waals surface area contributed by atoms with Crippen molar-refractivity contribution in [3.63, 3.8) is 0 Å². The number of hydrogen-bond donors (Lipinski definition) is 0. The number of oxazole rings is 1. The van der Waals surface area contributed by atoms with Crippen molar-refractivity contribution in [2.75, 3.05) is 6.61 Å². The summed E-state index contributed by atoms with van der Waals surface area (Å²) in [5.41, 5.74) is -0.565. The van der Waals surface area contributed by atoms with Crippen molar-refractivity contribution in [1.82, 2.24) is 4.98 Å². The number of rotatable bonds is 11. The Morgan fingerprint density at radius 3 is 1.45 bits per heavy atom. The normalized spacial score (nSPS) is 15.1. The van der Waals surface area contributed by atoms with Crippen LogP contribution in [0.25, 0.3) is 0 Å². The summed E-state index contributed by atoms with van der Waals surface area (Å²) in [6.45, 7) is 1.02. The Hall–Kier alpha value is -2.51. The predicted molar refractivity (Wildman–Crippen MR) is 86.2 cm³/mol. The van der Waals surface area contributed by atoms with E-state index in [0.29, 0.717) is 0 Å². The molecule has 0 saturated heterocycles. The average Bonchev–Trinajstić information content (AvgIpc) is 3.07. The monoisotopic (exact) mass is 601 g/mol. The first-order valence-corrected chi connectivity index (χ1v) is 9.37. The van der Waals surface area contributed by atoms with E-state index in [4.69, 9.17) is 4.42 Å². The van der Waals surface area contributed by atoms with Gasteiger partial charge in [-0.15, -0.1) is 0 Å². The van der Waals surface area contributed by atoms with Crippen molar-refractivity contribution in [3.8, 4) is 0 Å². The third kappa shape index (κ3) is 4.95.